The summed E-state index contributed by atoms with van der Waals surface area (Å²) >= 11 is 0. The van der Waals surface area contributed by atoms with Crippen molar-refractivity contribution in [3.63, 3.8) is 0 Å². The van der Waals surface area contributed by atoms with E-state index in [1.165, 1.54) is 0 Å². The highest BCUT2D eigenvalue weighted by molar-refractivity contribution is 5.85. The number of halogens is 1. The standard InChI is InChI=1S/C15H15NO3.ClH/c17-13-4-2-12(3-5-13)16-10-11-1-6-14-15(9-11)19-8-7-18-14;/h1-6,9,16-17H,7-8,10H2;1H. The van der Waals surface area contributed by atoms with Crippen molar-refractivity contribution in [2.24, 2.45) is 0 Å². The van der Waals surface area contributed by atoms with Gasteiger partial charge in [0.2, 0.25) is 0 Å². The van der Waals surface area contributed by atoms with Gasteiger partial charge in [-0.1, -0.05) is 6.07 Å². The van der Waals surface area contributed by atoms with Crippen molar-refractivity contribution in [1.29, 1.82) is 0 Å². The van der Waals surface area contributed by atoms with Crippen LogP contribution in [-0.4, -0.2) is 18.3 Å². The van der Waals surface area contributed by atoms with Gasteiger partial charge in [-0.05, 0) is 42.0 Å². The molecular formula is C15H16ClNO3. The van der Waals surface area contributed by atoms with Crippen molar-refractivity contribution in [1.82, 2.24) is 0 Å². The maximum atomic E-state index is 9.22. The van der Waals surface area contributed by atoms with Crippen LogP contribution >= 0.6 is 12.4 Å². The molecule has 3 rings (SSSR count). The molecule has 1 aliphatic rings. The summed E-state index contributed by atoms with van der Waals surface area (Å²) in [6.45, 7) is 1.90. The van der Waals surface area contributed by atoms with E-state index in [0.29, 0.717) is 19.8 Å². The maximum Gasteiger partial charge on any atom is 0.161 e. The first-order valence-electron chi connectivity index (χ1n) is 6.23. The molecule has 20 heavy (non-hydrogen) atoms. The molecule has 4 nitrogen and oxygen atoms in total. The van der Waals surface area contributed by atoms with Crippen molar-refractivity contribution >= 4 is 18.1 Å². The molecule has 0 aromatic heterocycles. The number of rotatable bonds is 3. The number of hydrogen-bond acceptors (Lipinski definition) is 4. The van der Waals surface area contributed by atoms with E-state index in [1.807, 2.05) is 30.3 Å². The maximum absolute atomic E-state index is 9.22. The smallest absolute Gasteiger partial charge is 0.161 e. The summed E-state index contributed by atoms with van der Waals surface area (Å²) < 4.78 is 11.0. The minimum absolute atomic E-state index is 0. The Morgan fingerprint density at radius 2 is 1.65 bits per heavy atom. The lowest BCUT2D eigenvalue weighted by atomic mass is 10.2. The van der Waals surface area contributed by atoms with Gasteiger partial charge >= 0.3 is 0 Å². The molecule has 0 atom stereocenters. The predicted octanol–water partition coefficient (Wildman–Crippen LogP) is 3.20. The molecule has 0 unspecified atom stereocenters. The molecule has 0 aliphatic carbocycles. The average molecular weight is 294 g/mol. The van der Waals surface area contributed by atoms with Gasteiger partial charge < -0.3 is 19.9 Å². The van der Waals surface area contributed by atoms with Crippen LogP contribution < -0.4 is 14.8 Å². The first kappa shape index (κ1) is 14.3. The molecule has 0 bridgehead atoms. The third kappa shape index (κ3) is 3.27. The van der Waals surface area contributed by atoms with Crippen LogP contribution in [-0.2, 0) is 6.54 Å². The average Bonchev–Trinajstić information content (AvgIpc) is 2.46. The van der Waals surface area contributed by atoms with Gasteiger partial charge in [0.25, 0.3) is 0 Å². The summed E-state index contributed by atoms with van der Waals surface area (Å²) in [7, 11) is 0. The Bertz CT molecular complexity index is 572. The van der Waals surface area contributed by atoms with Crippen LogP contribution in [0.4, 0.5) is 5.69 Å². The number of hydrogen-bond donors (Lipinski definition) is 2. The van der Waals surface area contributed by atoms with Gasteiger partial charge in [0.15, 0.2) is 11.5 Å². The first-order chi connectivity index (χ1) is 9.31. The molecule has 1 aliphatic heterocycles. The van der Waals surface area contributed by atoms with E-state index in [9.17, 15) is 5.11 Å². The molecule has 5 heteroatoms. The molecule has 0 saturated heterocycles. The van der Waals surface area contributed by atoms with E-state index < -0.39 is 0 Å². The van der Waals surface area contributed by atoms with Crippen LogP contribution in [0.5, 0.6) is 17.2 Å². The summed E-state index contributed by atoms with van der Waals surface area (Å²) in [5.74, 6) is 1.88. The minimum Gasteiger partial charge on any atom is -0.508 e. The van der Waals surface area contributed by atoms with Gasteiger partial charge in [-0.3, -0.25) is 0 Å². The van der Waals surface area contributed by atoms with Crippen molar-refractivity contribution in [3.05, 3.63) is 48.0 Å². The Hall–Kier alpha value is -2.07. The van der Waals surface area contributed by atoms with E-state index in [2.05, 4.69) is 5.32 Å². The van der Waals surface area contributed by atoms with E-state index >= 15 is 0 Å². The molecule has 2 aromatic rings. The minimum atomic E-state index is 0. The zero-order chi connectivity index (χ0) is 13.1. The second kappa shape index (κ2) is 6.39. The molecule has 0 saturated carbocycles. The van der Waals surface area contributed by atoms with E-state index in [-0.39, 0.29) is 18.2 Å². The summed E-state index contributed by atoms with van der Waals surface area (Å²) in [5, 5.41) is 12.5. The highest BCUT2D eigenvalue weighted by Gasteiger charge is 2.11. The van der Waals surface area contributed by atoms with Crippen LogP contribution in [0.1, 0.15) is 5.56 Å². The van der Waals surface area contributed by atoms with Gasteiger partial charge in [-0.25, -0.2) is 0 Å². The monoisotopic (exact) mass is 293 g/mol. The third-order valence-electron chi connectivity index (χ3n) is 2.97. The second-order valence-electron chi connectivity index (χ2n) is 4.38. The van der Waals surface area contributed by atoms with E-state index in [1.54, 1.807) is 12.1 Å². The Morgan fingerprint density at radius 3 is 2.40 bits per heavy atom. The highest BCUT2D eigenvalue weighted by atomic mass is 35.5. The topological polar surface area (TPSA) is 50.7 Å². The van der Waals surface area contributed by atoms with E-state index in [0.717, 1.165) is 22.7 Å². The largest absolute Gasteiger partial charge is 0.508 e. The second-order valence-corrected chi connectivity index (χ2v) is 4.38. The van der Waals surface area contributed by atoms with Gasteiger partial charge in [-0.15, -0.1) is 12.4 Å². The Labute approximate surface area is 123 Å². The fourth-order valence-electron chi connectivity index (χ4n) is 1.98. The number of aromatic hydroxyl groups is 1. The normalized spacial score (nSPS) is 12.4. The Morgan fingerprint density at radius 1 is 0.950 bits per heavy atom. The van der Waals surface area contributed by atoms with Crippen LogP contribution in [0, 0.1) is 0 Å². The molecule has 106 valence electrons. The zero-order valence-corrected chi connectivity index (χ0v) is 11.7. The number of phenolic OH excluding ortho intramolecular Hbond substituents is 1. The quantitative estimate of drug-likeness (QED) is 0.853. The molecule has 0 spiro atoms. The number of ether oxygens (including phenoxy) is 2. The Balaban J connectivity index is 0.00000147. The van der Waals surface area contributed by atoms with Crippen molar-refractivity contribution in [3.8, 4) is 17.2 Å². The van der Waals surface area contributed by atoms with Crippen molar-refractivity contribution < 1.29 is 14.6 Å². The number of phenols is 1. The number of nitrogens with one attached hydrogen (secondary N) is 1. The number of benzene rings is 2. The lowest BCUT2D eigenvalue weighted by Gasteiger charge is -2.19. The SMILES string of the molecule is Cl.Oc1ccc(NCc2ccc3c(c2)OCCO3)cc1. The Kier molecular flexibility index (Phi) is 4.58. The van der Waals surface area contributed by atoms with Gasteiger partial charge in [0.05, 0.1) is 0 Å². The van der Waals surface area contributed by atoms with Gasteiger partial charge in [0, 0.05) is 12.2 Å². The van der Waals surface area contributed by atoms with Crippen LogP contribution in [0.25, 0.3) is 0 Å². The van der Waals surface area contributed by atoms with E-state index in [4.69, 9.17) is 9.47 Å². The van der Waals surface area contributed by atoms with Crippen LogP contribution in [0.3, 0.4) is 0 Å². The van der Waals surface area contributed by atoms with Crippen molar-refractivity contribution in [2.75, 3.05) is 18.5 Å². The number of fused-ring (bicyclic) bond motifs is 1. The van der Waals surface area contributed by atoms with Crippen molar-refractivity contribution in [2.45, 2.75) is 6.54 Å². The lowest BCUT2D eigenvalue weighted by Crippen LogP contribution is -2.15. The van der Waals surface area contributed by atoms with Crippen LogP contribution in [0.2, 0.25) is 0 Å². The first-order valence-corrected chi connectivity index (χ1v) is 6.23. The zero-order valence-electron chi connectivity index (χ0n) is 10.8. The third-order valence-corrected chi connectivity index (χ3v) is 2.97. The lowest BCUT2D eigenvalue weighted by molar-refractivity contribution is 0.171. The molecule has 0 amide bonds. The van der Waals surface area contributed by atoms with Crippen LogP contribution in [0.15, 0.2) is 42.5 Å². The molecule has 1 heterocycles. The summed E-state index contributed by atoms with van der Waals surface area (Å²) in [6.07, 6.45) is 0. The fraction of sp³-hybridized carbons (Fsp3) is 0.200. The number of anilines is 1. The summed E-state index contributed by atoms with van der Waals surface area (Å²) in [4.78, 5) is 0. The summed E-state index contributed by atoms with van der Waals surface area (Å²) in [6, 6.07) is 12.9. The van der Waals surface area contributed by atoms with Gasteiger partial charge in [-0.2, -0.15) is 0 Å². The molecule has 0 fully saturated rings. The fourth-order valence-corrected chi connectivity index (χ4v) is 1.98. The highest BCUT2D eigenvalue weighted by Crippen LogP contribution is 2.30. The van der Waals surface area contributed by atoms with Gasteiger partial charge in [0.1, 0.15) is 19.0 Å². The summed E-state index contributed by atoms with van der Waals surface area (Å²) in [5.41, 5.74) is 2.09. The molecule has 2 N–H and O–H groups in total. The molecule has 2 aromatic carbocycles. The molecular weight excluding hydrogens is 278 g/mol. The molecule has 0 radical (unpaired) electrons. The predicted molar refractivity (Wildman–Crippen MR) is 80.1 cm³/mol.